The number of carbonyl (C=O) groups is 2. The van der Waals surface area contributed by atoms with E-state index in [1.54, 1.807) is 0 Å². The van der Waals surface area contributed by atoms with Gasteiger partial charge < -0.3 is 15.1 Å². The third-order valence-electron chi connectivity index (χ3n) is 4.75. The van der Waals surface area contributed by atoms with E-state index in [-0.39, 0.29) is 30.8 Å². The molecule has 5 nitrogen and oxygen atoms in total. The minimum absolute atomic E-state index is 0. The summed E-state index contributed by atoms with van der Waals surface area (Å²) < 4.78 is 0. The normalized spacial score (nSPS) is 13.7. The van der Waals surface area contributed by atoms with Crippen molar-refractivity contribution in [2.75, 3.05) is 38.0 Å². The van der Waals surface area contributed by atoms with E-state index in [0.717, 1.165) is 12.1 Å². The number of halogens is 1. The first-order valence-electron chi connectivity index (χ1n) is 9.12. The van der Waals surface area contributed by atoms with Crippen molar-refractivity contribution in [3.63, 3.8) is 0 Å². The van der Waals surface area contributed by atoms with Crippen molar-refractivity contribution in [1.29, 1.82) is 0 Å². The molecular formula is C21H26ClN3O2. The van der Waals surface area contributed by atoms with Crippen LogP contribution < -0.4 is 5.32 Å². The SMILES string of the molecule is CCc1ccc(C(=O)N2CCN(C(=O)CNc3ccccc3)CC2)cc1.Cl. The molecule has 1 N–H and O–H groups in total. The lowest BCUT2D eigenvalue weighted by Crippen LogP contribution is -2.51. The van der Waals surface area contributed by atoms with Gasteiger partial charge in [-0.1, -0.05) is 37.3 Å². The van der Waals surface area contributed by atoms with E-state index in [0.29, 0.717) is 31.7 Å². The summed E-state index contributed by atoms with van der Waals surface area (Å²) in [6.45, 7) is 4.68. The Morgan fingerprint density at radius 3 is 2.07 bits per heavy atom. The van der Waals surface area contributed by atoms with E-state index in [9.17, 15) is 9.59 Å². The van der Waals surface area contributed by atoms with Crippen molar-refractivity contribution in [1.82, 2.24) is 9.80 Å². The molecule has 1 aliphatic rings. The Morgan fingerprint density at radius 2 is 1.48 bits per heavy atom. The largest absolute Gasteiger partial charge is 0.376 e. The van der Waals surface area contributed by atoms with Crippen LogP contribution in [0.2, 0.25) is 0 Å². The highest BCUT2D eigenvalue weighted by molar-refractivity contribution is 5.94. The standard InChI is InChI=1S/C21H25N3O2.ClH/c1-2-17-8-10-18(11-9-17)21(26)24-14-12-23(13-15-24)20(25)16-22-19-6-4-3-5-7-19;/h3-11,22H,2,12-16H2,1H3;1H. The summed E-state index contributed by atoms with van der Waals surface area (Å²) in [6.07, 6.45) is 0.965. The van der Waals surface area contributed by atoms with Gasteiger partial charge in [-0.15, -0.1) is 12.4 Å². The molecule has 0 saturated carbocycles. The highest BCUT2D eigenvalue weighted by Crippen LogP contribution is 2.11. The summed E-state index contributed by atoms with van der Waals surface area (Å²) in [7, 11) is 0. The molecule has 0 radical (unpaired) electrons. The van der Waals surface area contributed by atoms with Gasteiger partial charge in [-0.3, -0.25) is 9.59 Å². The fourth-order valence-electron chi connectivity index (χ4n) is 3.07. The van der Waals surface area contributed by atoms with Gasteiger partial charge in [0, 0.05) is 37.4 Å². The lowest BCUT2D eigenvalue weighted by Gasteiger charge is -2.35. The molecule has 1 aliphatic heterocycles. The van der Waals surface area contributed by atoms with Crippen molar-refractivity contribution >= 4 is 29.9 Å². The molecule has 1 heterocycles. The molecule has 0 spiro atoms. The van der Waals surface area contributed by atoms with Crippen LogP contribution in [0.15, 0.2) is 54.6 Å². The molecule has 2 aromatic rings. The summed E-state index contributed by atoms with van der Waals surface area (Å²) in [4.78, 5) is 28.6. The van der Waals surface area contributed by atoms with Crippen molar-refractivity contribution in [3.05, 3.63) is 65.7 Å². The van der Waals surface area contributed by atoms with Crippen LogP contribution in [0.4, 0.5) is 5.69 Å². The maximum atomic E-state index is 12.6. The lowest BCUT2D eigenvalue weighted by atomic mass is 10.1. The molecule has 6 heteroatoms. The van der Waals surface area contributed by atoms with Crippen molar-refractivity contribution in [2.24, 2.45) is 0 Å². The highest BCUT2D eigenvalue weighted by atomic mass is 35.5. The number of anilines is 1. The molecule has 1 fully saturated rings. The van der Waals surface area contributed by atoms with Gasteiger partial charge in [-0.2, -0.15) is 0 Å². The second-order valence-electron chi connectivity index (χ2n) is 6.44. The Hall–Kier alpha value is -2.53. The number of aryl methyl sites for hydroxylation is 1. The van der Waals surface area contributed by atoms with Crippen LogP contribution in [0.3, 0.4) is 0 Å². The summed E-state index contributed by atoms with van der Waals surface area (Å²) in [5, 5.41) is 3.14. The topological polar surface area (TPSA) is 52.7 Å². The van der Waals surface area contributed by atoms with Crippen LogP contribution >= 0.6 is 12.4 Å². The molecule has 1 saturated heterocycles. The molecule has 0 aliphatic carbocycles. The zero-order chi connectivity index (χ0) is 18.4. The maximum absolute atomic E-state index is 12.6. The van der Waals surface area contributed by atoms with Crippen molar-refractivity contribution in [2.45, 2.75) is 13.3 Å². The van der Waals surface area contributed by atoms with E-state index < -0.39 is 0 Å². The summed E-state index contributed by atoms with van der Waals surface area (Å²) in [6, 6.07) is 17.5. The smallest absolute Gasteiger partial charge is 0.253 e. The fraction of sp³-hybridized carbons (Fsp3) is 0.333. The van der Waals surface area contributed by atoms with E-state index in [4.69, 9.17) is 0 Å². The van der Waals surface area contributed by atoms with Crippen LogP contribution in [0.1, 0.15) is 22.8 Å². The highest BCUT2D eigenvalue weighted by Gasteiger charge is 2.24. The molecule has 27 heavy (non-hydrogen) atoms. The van der Waals surface area contributed by atoms with Gasteiger partial charge in [0.05, 0.1) is 6.54 Å². The number of benzene rings is 2. The monoisotopic (exact) mass is 387 g/mol. The van der Waals surface area contributed by atoms with Crippen molar-refractivity contribution < 1.29 is 9.59 Å². The maximum Gasteiger partial charge on any atom is 0.253 e. The van der Waals surface area contributed by atoms with Gasteiger partial charge in [0.15, 0.2) is 0 Å². The Kier molecular flexibility index (Phi) is 7.67. The first kappa shape index (κ1) is 20.8. The number of nitrogens with one attached hydrogen (secondary N) is 1. The van der Waals surface area contributed by atoms with Gasteiger partial charge in [0.2, 0.25) is 5.91 Å². The molecule has 2 aromatic carbocycles. The minimum Gasteiger partial charge on any atom is -0.376 e. The van der Waals surface area contributed by atoms with Gasteiger partial charge >= 0.3 is 0 Å². The molecule has 0 aromatic heterocycles. The van der Waals surface area contributed by atoms with Gasteiger partial charge in [0.25, 0.3) is 5.91 Å². The molecular weight excluding hydrogens is 362 g/mol. The predicted molar refractivity (Wildman–Crippen MR) is 110 cm³/mol. The van der Waals surface area contributed by atoms with Crippen LogP contribution in [-0.2, 0) is 11.2 Å². The van der Waals surface area contributed by atoms with Gasteiger partial charge in [-0.25, -0.2) is 0 Å². The summed E-state index contributed by atoms with van der Waals surface area (Å²) in [5.41, 5.74) is 2.88. The average Bonchev–Trinajstić information content (AvgIpc) is 2.72. The third-order valence-corrected chi connectivity index (χ3v) is 4.75. The Balaban J connectivity index is 0.00000261. The third kappa shape index (κ3) is 5.47. The van der Waals surface area contributed by atoms with Gasteiger partial charge in [-0.05, 0) is 36.2 Å². The Labute approximate surface area is 166 Å². The lowest BCUT2D eigenvalue weighted by molar-refractivity contribution is -0.130. The predicted octanol–water partition coefficient (Wildman–Crippen LogP) is 3.07. The van der Waals surface area contributed by atoms with E-state index in [1.807, 2.05) is 64.4 Å². The van der Waals surface area contributed by atoms with E-state index in [1.165, 1.54) is 5.56 Å². The number of carbonyl (C=O) groups excluding carboxylic acids is 2. The molecule has 3 rings (SSSR count). The first-order chi connectivity index (χ1) is 12.7. The number of nitrogens with zero attached hydrogens (tertiary/aromatic N) is 2. The van der Waals surface area contributed by atoms with Crippen LogP contribution in [0, 0.1) is 0 Å². The van der Waals surface area contributed by atoms with Crippen LogP contribution in [0.25, 0.3) is 0 Å². The second-order valence-corrected chi connectivity index (χ2v) is 6.44. The first-order valence-corrected chi connectivity index (χ1v) is 9.12. The number of piperazine rings is 1. The molecule has 0 atom stereocenters. The van der Waals surface area contributed by atoms with Gasteiger partial charge in [0.1, 0.15) is 0 Å². The molecule has 144 valence electrons. The number of hydrogen-bond donors (Lipinski definition) is 1. The number of rotatable bonds is 5. The zero-order valence-corrected chi connectivity index (χ0v) is 16.4. The number of hydrogen-bond acceptors (Lipinski definition) is 3. The summed E-state index contributed by atoms with van der Waals surface area (Å²) in [5.74, 6) is 0.107. The minimum atomic E-state index is 0. The van der Waals surface area contributed by atoms with Crippen molar-refractivity contribution in [3.8, 4) is 0 Å². The van der Waals surface area contributed by atoms with E-state index >= 15 is 0 Å². The Bertz CT molecular complexity index is 742. The number of amides is 2. The number of para-hydroxylation sites is 1. The zero-order valence-electron chi connectivity index (χ0n) is 15.6. The molecule has 0 unspecified atom stereocenters. The quantitative estimate of drug-likeness (QED) is 0.857. The van der Waals surface area contributed by atoms with Crippen LogP contribution in [0.5, 0.6) is 0 Å². The second kappa shape index (κ2) is 9.97. The van der Waals surface area contributed by atoms with Crippen LogP contribution in [-0.4, -0.2) is 54.3 Å². The molecule has 2 amide bonds. The Morgan fingerprint density at radius 1 is 0.889 bits per heavy atom. The fourth-order valence-corrected chi connectivity index (χ4v) is 3.07. The van der Waals surface area contributed by atoms with E-state index in [2.05, 4.69) is 12.2 Å². The average molecular weight is 388 g/mol. The summed E-state index contributed by atoms with van der Waals surface area (Å²) >= 11 is 0. The molecule has 0 bridgehead atoms.